The third-order valence-corrected chi connectivity index (χ3v) is 9.08. The number of allylic oxidation sites excluding steroid dienone is 3. The van der Waals surface area contributed by atoms with Crippen molar-refractivity contribution in [3.8, 4) is 6.07 Å². The van der Waals surface area contributed by atoms with Crippen molar-refractivity contribution in [3.63, 3.8) is 0 Å². The number of nitrogens with zero attached hydrogens (tertiary/aromatic N) is 2. The van der Waals surface area contributed by atoms with Crippen LogP contribution in [-0.2, 0) is 10.5 Å². The lowest BCUT2D eigenvalue weighted by Gasteiger charge is -2.40. The fraction of sp³-hybridized carbons (Fsp3) is 0.226. The number of anilines is 1. The van der Waals surface area contributed by atoms with Gasteiger partial charge in [-0.05, 0) is 97.5 Å². The zero-order valence-corrected chi connectivity index (χ0v) is 24.4. The molecule has 1 heterocycles. The van der Waals surface area contributed by atoms with E-state index in [4.69, 9.17) is 17.3 Å². The predicted molar refractivity (Wildman–Crippen MR) is 159 cm³/mol. The van der Waals surface area contributed by atoms with Crippen LogP contribution in [0.4, 0.5) is 5.69 Å². The van der Waals surface area contributed by atoms with Crippen LogP contribution in [-0.4, -0.2) is 5.78 Å². The average Bonchev–Trinajstić information content (AvgIpc) is 2.90. The lowest BCUT2D eigenvalue weighted by atomic mass is 9.74. The van der Waals surface area contributed by atoms with E-state index in [0.29, 0.717) is 28.4 Å². The van der Waals surface area contributed by atoms with Gasteiger partial charge in [-0.2, -0.15) is 5.26 Å². The number of hydrogen-bond donors (Lipinski definition) is 1. The SMILES string of the molecule is Cc1cc(C)c(C2C(C#N)=C(N)N(c3ccc(Br)cc3)C3=C2C(=O)CCC3)cc1CSc1ccc(Cl)cc1. The summed E-state index contributed by atoms with van der Waals surface area (Å²) >= 11 is 11.3. The number of aryl methyl sites for hydroxylation is 2. The van der Waals surface area contributed by atoms with Gasteiger partial charge in [0, 0.05) is 43.5 Å². The lowest BCUT2D eigenvalue weighted by Crippen LogP contribution is -2.38. The van der Waals surface area contributed by atoms with Gasteiger partial charge in [-0.3, -0.25) is 9.69 Å². The predicted octanol–water partition coefficient (Wildman–Crippen LogP) is 8.32. The maximum atomic E-state index is 13.5. The molecular formula is C31H27BrClN3OS. The molecule has 0 aromatic heterocycles. The molecule has 0 fully saturated rings. The van der Waals surface area contributed by atoms with Gasteiger partial charge in [0.2, 0.25) is 0 Å². The first-order valence-electron chi connectivity index (χ1n) is 12.5. The molecule has 7 heteroatoms. The number of thioether (sulfide) groups is 1. The van der Waals surface area contributed by atoms with E-state index in [1.807, 2.05) is 53.4 Å². The number of benzene rings is 3. The van der Waals surface area contributed by atoms with Crippen molar-refractivity contribution in [2.24, 2.45) is 5.73 Å². The number of hydrogen-bond acceptors (Lipinski definition) is 5. The molecule has 0 saturated heterocycles. The third kappa shape index (κ3) is 5.03. The molecule has 5 rings (SSSR count). The van der Waals surface area contributed by atoms with Crippen LogP contribution in [0.5, 0.6) is 0 Å². The zero-order chi connectivity index (χ0) is 27.0. The highest BCUT2D eigenvalue weighted by atomic mass is 79.9. The van der Waals surface area contributed by atoms with Crippen molar-refractivity contribution < 1.29 is 4.79 Å². The average molecular weight is 605 g/mol. The summed E-state index contributed by atoms with van der Waals surface area (Å²) in [5, 5.41) is 11.1. The molecule has 38 heavy (non-hydrogen) atoms. The van der Waals surface area contributed by atoms with Crippen LogP contribution in [0, 0.1) is 25.2 Å². The Morgan fingerprint density at radius 3 is 2.47 bits per heavy atom. The van der Waals surface area contributed by atoms with Crippen LogP contribution < -0.4 is 10.6 Å². The molecule has 0 saturated carbocycles. The molecular weight excluding hydrogens is 578 g/mol. The Kier molecular flexibility index (Phi) is 7.72. The van der Waals surface area contributed by atoms with Crippen molar-refractivity contribution in [3.05, 3.63) is 115 Å². The Hall–Kier alpha value is -2.98. The number of nitriles is 1. The standard InChI is InChI=1S/C31H27BrClN3OS/c1-18-14-19(2)25(15-20(18)17-38-24-12-8-22(33)9-13-24)29-26(16-34)31(35)36(23-10-6-21(32)7-11-23)27-4-3-5-28(37)30(27)29/h6-15,29H,3-5,17,35H2,1-2H3. The summed E-state index contributed by atoms with van der Waals surface area (Å²) < 4.78 is 0.951. The van der Waals surface area contributed by atoms with Gasteiger partial charge in [0.05, 0.1) is 17.6 Å². The molecule has 2 aliphatic rings. The highest BCUT2D eigenvalue weighted by Crippen LogP contribution is 2.47. The van der Waals surface area contributed by atoms with Crippen molar-refractivity contribution >= 4 is 50.8 Å². The quantitative estimate of drug-likeness (QED) is 0.297. The fourth-order valence-corrected chi connectivity index (χ4v) is 6.71. The molecule has 3 aromatic rings. The van der Waals surface area contributed by atoms with Crippen LogP contribution in [0.25, 0.3) is 0 Å². The maximum Gasteiger partial charge on any atom is 0.161 e. The Labute approximate surface area is 241 Å². The largest absolute Gasteiger partial charge is 0.384 e. The lowest BCUT2D eigenvalue weighted by molar-refractivity contribution is -0.116. The number of nitrogens with two attached hydrogens (primary N) is 1. The van der Waals surface area contributed by atoms with Gasteiger partial charge in [-0.25, -0.2) is 0 Å². The Balaban J connectivity index is 1.61. The molecule has 4 nitrogen and oxygen atoms in total. The van der Waals surface area contributed by atoms with Gasteiger partial charge in [0.1, 0.15) is 5.82 Å². The minimum absolute atomic E-state index is 0.0932. The number of carbonyl (C=O) groups is 1. The number of halogens is 2. The molecule has 1 aliphatic heterocycles. The maximum absolute atomic E-state index is 13.5. The Morgan fingerprint density at radius 1 is 1.08 bits per heavy atom. The number of rotatable bonds is 5. The van der Waals surface area contributed by atoms with E-state index in [1.54, 1.807) is 11.8 Å². The second kappa shape index (κ2) is 11.0. The smallest absolute Gasteiger partial charge is 0.161 e. The van der Waals surface area contributed by atoms with Crippen molar-refractivity contribution in [1.82, 2.24) is 0 Å². The van der Waals surface area contributed by atoms with Crippen molar-refractivity contribution in [2.75, 3.05) is 4.90 Å². The number of ketones is 1. The van der Waals surface area contributed by atoms with Crippen LogP contribution in [0.1, 0.15) is 47.4 Å². The molecule has 192 valence electrons. The van der Waals surface area contributed by atoms with Crippen molar-refractivity contribution in [2.45, 2.75) is 49.7 Å². The first kappa shape index (κ1) is 26.6. The van der Waals surface area contributed by atoms with Gasteiger partial charge in [-0.15, -0.1) is 11.8 Å². The summed E-state index contributed by atoms with van der Waals surface area (Å²) in [5.41, 5.74) is 14.0. The molecule has 3 aromatic carbocycles. The summed E-state index contributed by atoms with van der Waals surface area (Å²) in [6, 6.07) is 22.4. The summed E-state index contributed by atoms with van der Waals surface area (Å²) in [5.74, 6) is 0.773. The van der Waals surface area contributed by atoms with E-state index < -0.39 is 5.92 Å². The van der Waals surface area contributed by atoms with Gasteiger partial charge >= 0.3 is 0 Å². The second-order valence-corrected chi connectivity index (χ2v) is 12.1. The zero-order valence-electron chi connectivity index (χ0n) is 21.2. The molecule has 1 aliphatic carbocycles. The number of carbonyl (C=O) groups excluding carboxylic acids is 1. The molecule has 1 atom stereocenters. The normalized spacial score (nSPS) is 17.5. The highest BCUT2D eigenvalue weighted by Gasteiger charge is 2.41. The Bertz CT molecular complexity index is 1520. The minimum atomic E-state index is -0.477. The molecule has 0 spiro atoms. The third-order valence-electron chi connectivity index (χ3n) is 7.24. The topological polar surface area (TPSA) is 70.1 Å². The Morgan fingerprint density at radius 2 is 1.79 bits per heavy atom. The summed E-state index contributed by atoms with van der Waals surface area (Å²) in [7, 11) is 0. The second-order valence-electron chi connectivity index (χ2n) is 9.67. The minimum Gasteiger partial charge on any atom is -0.384 e. The first-order valence-corrected chi connectivity index (χ1v) is 14.6. The molecule has 0 amide bonds. The molecule has 1 unspecified atom stereocenters. The van der Waals surface area contributed by atoms with Gasteiger partial charge in [0.15, 0.2) is 5.78 Å². The van der Waals surface area contributed by atoms with E-state index >= 15 is 0 Å². The van der Waals surface area contributed by atoms with Crippen LogP contribution in [0.2, 0.25) is 5.02 Å². The number of Topliss-reactive ketones (excluding diaryl/α,β-unsaturated/α-hetero) is 1. The summed E-state index contributed by atoms with van der Waals surface area (Å²) in [4.78, 5) is 16.6. The molecule has 0 bridgehead atoms. The highest BCUT2D eigenvalue weighted by molar-refractivity contribution is 9.10. The van der Waals surface area contributed by atoms with Gasteiger partial charge in [0.25, 0.3) is 0 Å². The van der Waals surface area contributed by atoms with E-state index in [2.05, 4.69) is 48.0 Å². The van der Waals surface area contributed by atoms with E-state index in [9.17, 15) is 10.1 Å². The fourth-order valence-electron chi connectivity index (χ4n) is 5.36. The van der Waals surface area contributed by atoms with Crippen LogP contribution >= 0.6 is 39.3 Å². The van der Waals surface area contributed by atoms with E-state index in [1.165, 1.54) is 11.1 Å². The van der Waals surface area contributed by atoms with Crippen LogP contribution in [0.15, 0.2) is 92.7 Å². The van der Waals surface area contributed by atoms with Gasteiger partial charge < -0.3 is 5.73 Å². The summed E-state index contributed by atoms with van der Waals surface area (Å²) in [6.07, 6.45) is 1.98. The molecule has 2 N–H and O–H groups in total. The van der Waals surface area contributed by atoms with E-state index in [0.717, 1.165) is 50.5 Å². The first-order chi connectivity index (χ1) is 18.3. The van der Waals surface area contributed by atoms with Crippen molar-refractivity contribution in [1.29, 1.82) is 5.26 Å². The monoisotopic (exact) mass is 603 g/mol. The summed E-state index contributed by atoms with van der Waals surface area (Å²) in [6.45, 7) is 4.16. The molecule has 0 radical (unpaired) electrons. The van der Waals surface area contributed by atoms with Gasteiger partial charge in [-0.1, -0.05) is 39.7 Å². The van der Waals surface area contributed by atoms with E-state index in [-0.39, 0.29) is 5.78 Å². The van der Waals surface area contributed by atoms with Crippen LogP contribution in [0.3, 0.4) is 0 Å².